The zero-order valence-electron chi connectivity index (χ0n) is 12.6. The number of fused-ring (bicyclic) bond motifs is 1. The van der Waals surface area contributed by atoms with E-state index in [-0.39, 0.29) is 5.78 Å². The van der Waals surface area contributed by atoms with Gasteiger partial charge in [0, 0.05) is 28.2 Å². The van der Waals surface area contributed by atoms with Gasteiger partial charge >= 0.3 is 0 Å². The zero-order chi connectivity index (χ0) is 15.0. The molecule has 0 atom stereocenters. The minimum atomic E-state index is 0.0714. The Morgan fingerprint density at radius 1 is 1.05 bits per heavy atom. The molecule has 2 aromatic carbocycles. The lowest BCUT2D eigenvalue weighted by atomic mass is 9.97. The highest BCUT2D eigenvalue weighted by atomic mass is 16.1. The molecule has 0 fully saturated rings. The van der Waals surface area contributed by atoms with Crippen molar-refractivity contribution in [3.05, 3.63) is 70.9 Å². The molecule has 1 aromatic heterocycles. The van der Waals surface area contributed by atoms with Gasteiger partial charge in [-0.25, -0.2) is 0 Å². The van der Waals surface area contributed by atoms with Gasteiger partial charge in [0.05, 0.1) is 0 Å². The number of hydrogen-bond acceptors (Lipinski definition) is 1. The number of ketones is 1. The second-order valence-electron chi connectivity index (χ2n) is 5.86. The third kappa shape index (κ3) is 2.49. The summed E-state index contributed by atoms with van der Waals surface area (Å²) in [5.41, 5.74) is 4.89. The summed E-state index contributed by atoms with van der Waals surface area (Å²) in [5.74, 6) is 0.548. The van der Waals surface area contributed by atoms with Gasteiger partial charge in [-0.1, -0.05) is 49.7 Å². The lowest BCUT2D eigenvalue weighted by Crippen LogP contribution is -2.01. The van der Waals surface area contributed by atoms with Crippen molar-refractivity contribution in [3.8, 4) is 0 Å². The standard InChI is InChI=1S/C19H19NO/c1-12(2)14-5-7-15(8-6-14)19(21)17-11-20-18-9-4-13(3)10-16(17)18/h4-12,20H,1-3H3. The molecule has 3 aromatic rings. The van der Waals surface area contributed by atoms with Gasteiger partial charge in [0.2, 0.25) is 0 Å². The van der Waals surface area contributed by atoms with Gasteiger partial charge < -0.3 is 4.98 Å². The van der Waals surface area contributed by atoms with E-state index in [0.29, 0.717) is 5.92 Å². The normalized spacial score (nSPS) is 11.2. The average molecular weight is 277 g/mol. The van der Waals surface area contributed by atoms with E-state index in [4.69, 9.17) is 0 Å². The Morgan fingerprint density at radius 3 is 2.43 bits per heavy atom. The lowest BCUT2D eigenvalue weighted by molar-refractivity contribution is 0.104. The first-order chi connectivity index (χ1) is 10.1. The number of aromatic nitrogens is 1. The van der Waals surface area contributed by atoms with Crippen molar-refractivity contribution >= 4 is 16.7 Å². The Morgan fingerprint density at radius 2 is 1.76 bits per heavy atom. The van der Waals surface area contributed by atoms with Crippen molar-refractivity contribution in [2.75, 3.05) is 0 Å². The summed E-state index contributed by atoms with van der Waals surface area (Å²) in [4.78, 5) is 15.9. The molecular weight excluding hydrogens is 258 g/mol. The first kappa shape index (κ1) is 13.6. The summed E-state index contributed by atoms with van der Waals surface area (Å²) < 4.78 is 0. The number of aromatic amines is 1. The number of H-pyrrole nitrogens is 1. The molecule has 0 saturated carbocycles. The highest BCUT2D eigenvalue weighted by molar-refractivity contribution is 6.16. The molecule has 0 radical (unpaired) electrons. The molecule has 1 N–H and O–H groups in total. The molecule has 0 bridgehead atoms. The highest BCUT2D eigenvalue weighted by Crippen LogP contribution is 2.23. The average Bonchev–Trinajstić information content (AvgIpc) is 2.89. The maximum atomic E-state index is 12.7. The molecule has 0 aliphatic heterocycles. The van der Waals surface area contributed by atoms with E-state index in [1.807, 2.05) is 49.5 Å². The van der Waals surface area contributed by atoms with Crippen LogP contribution >= 0.6 is 0 Å². The fourth-order valence-corrected chi connectivity index (χ4v) is 2.60. The second-order valence-corrected chi connectivity index (χ2v) is 5.86. The van der Waals surface area contributed by atoms with Gasteiger partial charge in [0.1, 0.15) is 0 Å². The van der Waals surface area contributed by atoms with E-state index < -0.39 is 0 Å². The predicted octanol–water partition coefficient (Wildman–Crippen LogP) is 4.83. The first-order valence-electron chi connectivity index (χ1n) is 7.28. The Balaban J connectivity index is 2.02. The van der Waals surface area contributed by atoms with E-state index >= 15 is 0 Å². The topological polar surface area (TPSA) is 32.9 Å². The van der Waals surface area contributed by atoms with Gasteiger partial charge in [0.25, 0.3) is 0 Å². The van der Waals surface area contributed by atoms with Gasteiger partial charge in [-0.2, -0.15) is 0 Å². The van der Waals surface area contributed by atoms with E-state index in [1.54, 1.807) is 0 Å². The molecule has 2 nitrogen and oxygen atoms in total. The van der Waals surface area contributed by atoms with Crippen molar-refractivity contribution in [1.29, 1.82) is 0 Å². The number of rotatable bonds is 3. The Labute approximate surface area is 124 Å². The van der Waals surface area contributed by atoms with Crippen molar-refractivity contribution in [2.45, 2.75) is 26.7 Å². The second kappa shape index (κ2) is 5.21. The Hall–Kier alpha value is -2.35. The van der Waals surface area contributed by atoms with Crippen LogP contribution in [0.2, 0.25) is 0 Å². The number of hydrogen-bond donors (Lipinski definition) is 1. The quantitative estimate of drug-likeness (QED) is 0.683. The first-order valence-corrected chi connectivity index (χ1v) is 7.28. The van der Waals surface area contributed by atoms with E-state index in [9.17, 15) is 4.79 Å². The van der Waals surface area contributed by atoms with Crippen molar-refractivity contribution in [3.63, 3.8) is 0 Å². The molecule has 106 valence electrons. The van der Waals surface area contributed by atoms with E-state index in [2.05, 4.69) is 24.9 Å². The monoisotopic (exact) mass is 277 g/mol. The lowest BCUT2D eigenvalue weighted by Gasteiger charge is -2.06. The fourth-order valence-electron chi connectivity index (χ4n) is 2.60. The van der Waals surface area contributed by atoms with E-state index in [1.165, 1.54) is 5.56 Å². The summed E-state index contributed by atoms with van der Waals surface area (Å²) in [5, 5.41) is 0.993. The summed E-state index contributed by atoms with van der Waals surface area (Å²) in [6.07, 6.45) is 1.81. The van der Waals surface area contributed by atoms with Gasteiger partial charge in [-0.3, -0.25) is 4.79 Å². The van der Waals surface area contributed by atoms with Gasteiger partial charge in [-0.05, 0) is 30.5 Å². The fraction of sp³-hybridized carbons (Fsp3) is 0.211. The van der Waals surface area contributed by atoms with Crippen LogP contribution in [0.4, 0.5) is 0 Å². The van der Waals surface area contributed by atoms with Crippen molar-refractivity contribution < 1.29 is 4.79 Å². The van der Waals surface area contributed by atoms with Crippen LogP contribution in [0, 0.1) is 6.92 Å². The van der Waals surface area contributed by atoms with Crippen LogP contribution in [0.15, 0.2) is 48.7 Å². The minimum Gasteiger partial charge on any atom is -0.360 e. The molecule has 0 spiro atoms. The van der Waals surface area contributed by atoms with Crippen LogP contribution < -0.4 is 0 Å². The number of aryl methyl sites for hydroxylation is 1. The third-order valence-electron chi connectivity index (χ3n) is 3.92. The maximum absolute atomic E-state index is 12.7. The maximum Gasteiger partial charge on any atom is 0.195 e. The number of carbonyl (C=O) groups is 1. The summed E-state index contributed by atoms with van der Waals surface area (Å²) in [6, 6.07) is 14.0. The molecule has 0 saturated heterocycles. The third-order valence-corrected chi connectivity index (χ3v) is 3.92. The van der Waals surface area contributed by atoms with Crippen LogP contribution in [0.1, 0.15) is 46.8 Å². The molecule has 3 rings (SSSR count). The zero-order valence-corrected chi connectivity index (χ0v) is 12.6. The van der Waals surface area contributed by atoms with Crippen LogP contribution in [0.5, 0.6) is 0 Å². The number of nitrogens with one attached hydrogen (secondary N) is 1. The van der Waals surface area contributed by atoms with Crippen LogP contribution in [-0.4, -0.2) is 10.8 Å². The predicted molar refractivity (Wildman–Crippen MR) is 87.0 cm³/mol. The van der Waals surface area contributed by atoms with Crippen molar-refractivity contribution in [2.24, 2.45) is 0 Å². The summed E-state index contributed by atoms with van der Waals surface area (Å²) >= 11 is 0. The SMILES string of the molecule is Cc1ccc2[nH]cc(C(=O)c3ccc(C(C)C)cc3)c2c1. The Bertz CT molecular complexity index is 794. The molecule has 2 heteroatoms. The smallest absolute Gasteiger partial charge is 0.195 e. The minimum absolute atomic E-state index is 0.0714. The van der Waals surface area contributed by atoms with Gasteiger partial charge in [0.15, 0.2) is 5.78 Å². The molecule has 1 heterocycles. The molecule has 0 amide bonds. The Kier molecular flexibility index (Phi) is 3.38. The number of carbonyl (C=O) groups excluding carboxylic acids is 1. The van der Waals surface area contributed by atoms with Crippen molar-refractivity contribution in [1.82, 2.24) is 4.98 Å². The van der Waals surface area contributed by atoms with Crippen LogP contribution in [0.25, 0.3) is 10.9 Å². The van der Waals surface area contributed by atoms with Crippen LogP contribution in [-0.2, 0) is 0 Å². The van der Waals surface area contributed by atoms with Gasteiger partial charge in [-0.15, -0.1) is 0 Å². The molecular formula is C19H19NO. The summed E-state index contributed by atoms with van der Waals surface area (Å²) in [6.45, 7) is 6.34. The van der Waals surface area contributed by atoms with E-state index in [0.717, 1.165) is 27.6 Å². The summed E-state index contributed by atoms with van der Waals surface area (Å²) in [7, 11) is 0. The molecule has 0 unspecified atom stereocenters. The largest absolute Gasteiger partial charge is 0.360 e. The number of benzene rings is 2. The molecule has 0 aliphatic carbocycles. The molecule has 0 aliphatic rings. The highest BCUT2D eigenvalue weighted by Gasteiger charge is 2.14. The molecule has 21 heavy (non-hydrogen) atoms. The van der Waals surface area contributed by atoms with Crippen LogP contribution in [0.3, 0.4) is 0 Å².